The van der Waals surface area contributed by atoms with E-state index in [1.54, 1.807) is 18.2 Å². The molecule has 0 radical (unpaired) electrons. The van der Waals surface area contributed by atoms with Crippen molar-refractivity contribution in [1.82, 2.24) is 0 Å². The van der Waals surface area contributed by atoms with E-state index in [4.69, 9.17) is 15.9 Å². The quantitative estimate of drug-likeness (QED) is 0.204. The highest BCUT2D eigenvalue weighted by Gasteiger charge is 2.10. The minimum absolute atomic E-state index is 0.0785. The number of hydrogen-bond donors (Lipinski definition) is 4. The van der Waals surface area contributed by atoms with Crippen LogP contribution in [-0.2, 0) is 0 Å². The molecule has 4 rings (SSSR count). The fourth-order valence-electron chi connectivity index (χ4n) is 2.70. The number of hydrogen-bond acceptors (Lipinski definition) is 5. The Hall–Kier alpha value is -5.38. The third-order valence-corrected chi connectivity index (χ3v) is 4.72. The summed E-state index contributed by atoms with van der Waals surface area (Å²) in [7, 11) is 0. The molecule has 0 spiro atoms. The van der Waals surface area contributed by atoms with Crippen LogP contribution < -0.4 is 11.1 Å². The summed E-state index contributed by atoms with van der Waals surface area (Å²) < 4.78 is 25.5. The Morgan fingerprint density at radius 2 is 1.11 bits per heavy atom. The van der Waals surface area contributed by atoms with Gasteiger partial charge in [-0.25, -0.2) is 18.4 Å². The molecule has 0 saturated carbocycles. The molecule has 0 aliphatic heterocycles. The monoisotopic (exact) mass is 520 g/mol. The Labute approximate surface area is 216 Å². The van der Waals surface area contributed by atoms with E-state index in [9.17, 15) is 28.0 Å². The number of carboxylic acid groups (broad SMARTS) is 2. The summed E-state index contributed by atoms with van der Waals surface area (Å²) in [6, 6.07) is 23.1. The number of anilines is 2. The molecule has 38 heavy (non-hydrogen) atoms. The Kier molecular flexibility index (Phi) is 10.8. The van der Waals surface area contributed by atoms with Crippen molar-refractivity contribution in [3.05, 3.63) is 131 Å². The average Bonchev–Trinajstić information content (AvgIpc) is 2.92. The highest BCUT2D eigenvalue weighted by atomic mass is 19.1. The van der Waals surface area contributed by atoms with Crippen LogP contribution in [0.1, 0.15) is 41.4 Å². The number of benzene rings is 4. The van der Waals surface area contributed by atoms with Gasteiger partial charge in [0.15, 0.2) is 0 Å². The van der Waals surface area contributed by atoms with Crippen LogP contribution in [0.15, 0.2) is 97.1 Å². The zero-order valence-electron chi connectivity index (χ0n) is 19.7. The summed E-state index contributed by atoms with van der Waals surface area (Å²) >= 11 is 0. The van der Waals surface area contributed by atoms with Gasteiger partial charge in [0.25, 0.3) is 5.91 Å². The first-order valence-electron chi connectivity index (χ1n) is 10.8. The molecule has 1 amide bonds. The van der Waals surface area contributed by atoms with Crippen LogP contribution in [0.2, 0.25) is 0 Å². The van der Waals surface area contributed by atoms with Crippen molar-refractivity contribution in [3.8, 4) is 0 Å². The number of halogens is 2. The zero-order chi connectivity index (χ0) is 28.1. The standard InChI is InChI=1S/C14H10FNO3.C8H6O3.C6H6FN/c15-11-3-1-2-4-12(11)16-13(17)9-5-7-10(8-6-9)14(18)19;9-5-6-1-3-7(4-2-6)8(10)11;7-5-3-1-2-4-6(5)8/h1-8H,(H,16,17)(H,18,19);1-5H,(H,10,11);1-4H,8H2. The van der Waals surface area contributed by atoms with E-state index < -0.39 is 23.7 Å². The van der Waals surface area contributed by atoms with E-state index in [0.29, 0.717) is 11.8 Å². The summed E-state index contributed by atoms with van der Waals surface area (Å²) in [5, 5.41) is 19.6. The number of carbonyl (C=O) groups is 4. The summed E-state index contributed by atoms with van der Waals surface area (Å²) in [5.74, 6) is -3.43. The predicted octanol–water partition coefficient (Wildman–Crippen LogP) is 5.38. The Bertz CT molecular complexity index is 1390. The van der Waals surface area contributed by atoms with Crippen molar-refractivity contribution >= 4 is 35.5 Å². The SMILES string of the molecule is Nc1ccccc1F.O=C(O)c1ccc(C(=O)Nc2ccccc2F)cc1.O=Cc1ccc(C(=O)O)cc1. The van der Waals surface area contributed by atoms with Gasteiger partial charge in [-0.2, -0.15) is 0 Å². The van der Waals surface area contributed by atoms with Crippen molar-refractivity contribution in [3.63, 3.8) is 0 Å². The van der Waals surface area contributed by atoms with Crippen LogP contribution in [-0.4, -0.2) is 34.3 Å². The molecule has 194 valence electrons. The smallest absolute Gasteiger partial charge is 0.335 e. The number of nitrogens with one attached hydrogen (secondary N) is 1. The predicted molar refractivity (Wildman–Crippen MR) is 137 cm³/mol. The number of aromatic carboxylic acids is 2. The first-order valence-corrected chi connectivity index (χ1v) is 10.8. The van der Waals surface area contributed by atoms with Crippen molar-refractivity contribution in [1.29, 1.82) is 0 Å². The van der Waals surface area contributed by atoms with Crippen molar-refractivity contribution in [2.75, 3.05) is 11.1 Å². The molecular weight excluding hydrogens is 498 g/mol. The third-order valence-electron chi connectivity index (χ3n) is 4.72. The van der Waals surface area contributed by atoms with Crippen LogP contribution in [0, 0.1) is 11.6 Å². The maximum Gasteiger partial charge on any atom is 0.335 e. The molecule has 0 saturated heterocycles. The summed E-state index contributed by atoms with van der Waals surface area (Å²) in [6.07, 6.45) is 0.672. The molecule has 0 atom stereocenters. The molecule has 5 N–H and O–H groups in total. The first-order chi connectivity index (χ1) is 18.1. The molecular formula is C28H22F2N2O6. The lowest BCUT2D eigenvalue weighted by molar-refractivity contribution is 0.0686. The number of carboxylic acids is 2. The fraction of sp³-hybridized carbons (Fsp3) is 0. The fourth-order valence-corrected chi connectivity index (χ4v) is 2.70. The summed E-state index contributed by atoms with van der Waals surface area (Å²) in [6.45, 7) is 0. The molecule has 0 bridgehead atoms. The lowest BCUT2D eigenvalue weighted by atomic mass is 10.1. The van der Waals surface area contributed by atoms with Gasteiger partial charge in [0.1, 0.15) is 17.9 Å². The summed E-state index contributed by atoms with van der Waals surface area (Å²) in [4.78, 5) is 42.9. The van der Waals surface area contributed by atoms with E-state index in [1.165, 1.54) is 78.9 Å². The number of nitrogen functional groups attached to an aromatic ring is 1. The van der Waals surface area contributed by atoms with Gasteiger partial charge >= 0.3 is 11.9 Å². The molecule has 4 aromatic rings. The number of aldehydes is 1. The lowest BCUT2D eigenvalue weighted by Crippen LogP contribution is -2.13. The van der Waals surface area contributed by atoms with Gasteiger partial charge < -0.3 is 21.3 Å². The normalized spacial score (nSPS) is 9.53. The molecule has 10 heteroatoms. The molecule has 0 fully saturated rings. The largest absolute Gasteiger partial charge is 0.478 e. The maximum atomic E-state index is 13.3. The summed E-state index contributed by atoms with van der Waals surface area (Å²) in [5.41, 5.74) is 6.44. The number of carbonyl (C=O) groups excluding carboxylic acids is 2. The van der Waals surface area contributed by atoms with E-state index in [-0.39, 0.29) is 33.9 Å². The molecule has 0 aromatic heterocycles. The molecule has 0 aliphatic rings. The minimum atomic E-state index is -1.07. The second kappa shape index (κ2) is 14.2. The second-order valence-electron chi connectivity index (χ2n) is 7.38. The topological polar surface area (TPSA) is 147 Å². The number of para-hydroxylation sites is 2. The first kappa shape index (κ1) is 28.9. The number of rotatable bonds is 5. The van der Waals surface area contributed by atoms with E-state index in [1.807, 2.05) is 0 Å². The minimum Gasteiger partial charge on any atom is -0.478 e. The van der Waals surface area contributed by atoms with Gasteiger partial charge in [0.2, 0.25) is 0 Å². The Balaban J connectivity index is 0.000000224. The van der Waals surface area contributed by atoms with Crippen LogP contribution in [0.3, 0.4) is 0 Å². The van der Waals surface area contributed by atoms with E-state index in [0.717, 1.165) is 0 Å². The molecule has 8 nitrogen and oxygen atoms in total. The Morgan fingerprint density at radius 1 is 0.658 bits per heavy atom. The lowest BCUT2D eigenvalue weighted by Gasteiger charge is -2.06. The average molecular weight is 520 g/mol. The molecule has 0 unspecified atom stereocenters. The van der Waals surface area contributed by atoms with Crippen molar-refractivity contribution < 1.29 is 38.2 Å². The van der Waals surface area contributed by atoms with Gasteiger partial charge in [-0.1, -0.05) is 36.4 Å². The van der Waals surface area contributed by atoms with Gasteiger partial charge in [-0.3, -0.25) is 9.59 Å². The zero-order valence-corrected chi connectivity index (χ0v) is 19.7. The van der Waals surface area contributed by atoms with Crippen LogP contribution >= 0.6 is 0 Å². The van der Waals surface area contributed by atoms with E-state index >= 15 is 0 Å². The van der Waals surface area contributed by atoms with Crippen molar-refractivity contribution in [2.45, 2.75) is 0 Å². The molecule has 0 aliphatic carbocycles. The van der Waals surface area contributed by atoms with Gasteiger partial charge in [-0.15, -0.1) is 0 Å². The van der Waals surface area contributed by atoms with Crippen LogP contribution in [0.4, 0.5) is 20.2 Å². The Morgan fingerprint density at radius 3 is 1.53 bits per heavy atom. The molecule has 0 heterocycles. The van der Waals surface area contributed by atoms with Crippen LogP contribution in [0.5, 0.6) is 0 Å². The van der Waals surface area contributed by atoms with E-state index in [2.05, 4.69) is 5.32 Å². The number of amides is 1. The highest BCUT2D eigenvalue weighted by Crippen LogP contribution is 2.14. The van der Waals surface area contributed by atoms with Gasteiger partial charge in [0.05, 0.1) is 22.5 Å². The third kappa shape index (κ3) is 9.00. The maximum absolute atomic E-state index is 13.3. The van der Waals surface area contributed by atoms with Crippen molar-refractivity contribution in [2.24, 2.45) is 0 Å². The van der Waals surface area contributed by atoms with Gasteiger partial charge in [0, 0.05) is 11.1 Å². The highest BCUT2D eigenvalue weighted by molar-refractivity contribution is 6.04. The molecule has 4 aromatic carbocycles. The van der Waals surface area contributed by atoms with Gasteiger partial charge in [-0.05, 0) is 60.7 Å². The van der Waals surface area contributed by atoms with Crippen LogP contribution in [0.25, 0.3) is 0 Å². The second-order valence-corrected chi connectivity index (χ2v) is 7.38. The number of nitrogens with two attached hydrogens (primary N) is 1.